The summed E-state index contributed by atoms with van der Waals surface area (Å²) in [5, 5.41) is 3.96. The van der Waals surface area contributed by atoms with Gasteiger partial charge in [0.2, 0.25) is 0 Å². The van der Waals surface area contributed by atoms with Crippen molar-refractivity contribution in [1.82, 2.24) is 4.98 Å². The van der Waals surface area contributed by atoms with Gasteiger partial charge in [-0.15, -0.1) is 11.3 Å². The Labute approximate surface area is 157 Å². The number of carbonyl (C=O) groups is 1. The van der Waals surface area contributed by atoms with E-state index in [1.165, 1.54) is 17.4 Å². The normalized spacial score (nSPS) is 11.1. The molecule has 2 aromatic carbocycles. The van der Waals surface area contributed by atoms with Crippen LogP contribution in [0.5, 0.6) is 0 Å². The van der Waals surface area contributed by atoms with Gasteiger partial charge in [0.15, 0.2) is 22.5 Å². The SMILES string of the molecule is Cc1sc(NC(=O)c2oc3ccccc3c2C)nc1-c1ccc(F)c(F)c1. The molecule has 1 N–H and O–H groups in total. The van der Waals surface area contributed by atoms with Gasteiger partial charge in [-0.3, -0.25) is 10.1 Å². The van der Waals surface area contributed by atoms with E-state index in [1.807, 2.05) is 25.1 Å². The second-order valence-corrected chi connectivity index (χ2v) is 7.26. The highest BCUT2D eigenvalue weighted by molar-refractivity contribution is 7.16. The summed E-state index contributed by atoms with van der Waals surface area (Å²) in [5.41, 5.74) is 2.33. The van der Waals surface area contributed by atoms with Crippen molar-refractivity contribution in [3.63, 3.8) is 0 Å². The molecular weight excluding hydrogens is 370 g/mol. The second kappa shape index (κ2) is 6.59. The van der Waals surface area contributed by atoms with E-state index in [1.54, 1.807) is 13.0 Å². The fourth-order valence-electron chi connectivity index (χ4n) is 2.91. The van der Waals surface area contributed by atoms with Crippen molar-refractivity contribution < 1.29 is 18.0 Å². The molecule has 0 saturated carbocycles. The lowest BCUT2D eigenvalue weighted by molar-refractivity contribution is 0.0998. The van der Waals surface area contributed by atoms with E-state index < -0.39 is 17.5 Å². The molecule has 4 nitrogen and oxygen atoms in total. The van der Waals surface area contributed by atoms with Gasteiger partial charge in [-0.25, -0.2) is 13.8 Å². The smallest absolute Gasteiger partial charge is 0.293 e. The van der Waals surface area contributed by atoms with Gasteiger partial charge in [0.1, 0.15) is 5.58 Å². The summed E-state index contributed by atoms with van der Waals surface area (Å²) in [6, 6.07) is 11.0. The van der Waals surface area contributed by atoms with Crippen molar-refractivity contribution >= 4 is 33.3 Å². The monoisotopic (exact) mass is 384 g/mol. The molecule has 0 unspecified atom stereocenters. The molecule has 0 bridgehead atoms. The highest BCUT2D eigenvalue weighted by Crippen LogP contribution is 2.32. The van der Waals surface area contributed by atoms with Crippen LogP contribution in [0.4, 0.5) is 13.9 Å². The van der Waals surface area contributed by atoms with Crippen LogP contribution in [0.25, 0.3) is 22.2 Å². The molecular formula is C20H14F2N2O2S. The largest absolute Gasteiger partial charge is 0.451 e. The predicted molar refractivity (Wildman–Crippen MR) is 101 cm³/mol. The zero-order valence-corrected chi connectivity index (χ0v) is 15.3. The average Bonchev–Trinajstić information content (AvgIpc) is 3.18. The first kappa shape index (κ1) is 17.4. The van der Waals surface area contributed by atoms with Crippen molar-refractivity contribution in [2.24, 2.45) is 0 Å². The third-order valence-electron chi connectivity index (χ3n) is 4.26. The summed E-state index contributed by atoms with van der Waals surface area (Å²) in [6.07, 6.45) is 0. The maximum atomic E-state index is 13.5. The summed E-state index contributed by atoms with van der Waals surface area (Å²) in [6.45, 7) is 3.62. The number of fused-ring (bicyclic) bond motifs is 1. The Bertz CT molecular complexity index is 1180. The van der Waals surface area contributed by atoms with Gasteiger partial charge in [0, 0.05) is 21.4 Å². The van der Waals surface area contributed by atoms with E-state index in [0.717, 1.165) is 28.0 Å². The van der Waals surface area contributed by atoms with Gasteiger partial charge in [-0.2, -0.15) is 0 Å². The second-order valence-electron chi connectivity index (χ2n) is 6.06. The fourth-order valence-corrected chi connectivity index (χ4v) is 3.74. The molecule has 0 aliphatic carbocycles. The first-order chi connectivity index (χ1) is 12.9. The van der Waals surface area contributed by atoms with Crippen molar-refractivity contribution in [1.29, 1.82) is 0 Å². The van der Waals surface area contributed by atoms with Crippen molar-refractivity contribution in [2.45, 2.75) is 13.8 Å². The first-order valence-electron chi connectivity index (χ1n) is 8.16. The van der Waals surface area contributed by atoms with Crippen LogP contribution in [0.15, 0.2) is 46.9 Å². The molecule has 1 amide bonds. The number of thiazole rings is 1. The first-order valence-corrected chi connectivity index (χ1v) is 8.98. The summed E-state index contributed by atoms with van der Waals surface area (Å²) >= 11 is 1.25. The Kier molecular flexibility index (Phi) is 4.24. The highest BCUT2D eigenvalue weighted by Gasteiger charge is 2.20. The minimum atomic E-state index is -0.941. The number of anilines is 1. The van der Waals surface area contributed by atoms with Crippen LogP contribution in [0.2, 0.25) is 0 Å². The minimum absolute atomic E-state index is 0.221. The number of carbonyl (C=O) groups excluding carboxylic acids is 1. The van der Waals surface area contributed by atoms with Crippen LogP contribution in [0, 0.1) is 25.5 Å². The molecule has 0 atom stereocenters. The molecule has 0 saturated heterocycles. The fraction of sp³-hybridized carbons (Fsp3) is 0.100. The third-order valence-corrected chi connectivity index (χ3v) is 5.15. The molecule has 0 fully saturated rings. The van der Waals surface area contributed by atoms with E-state index >= 15 is 0 Å². The Balaban J connectivity index is 1.64. The molecule has 27 heavy (non-hydrogen) atoms. The highest BCUT2D eigenvalue weighted by atomic mass is 32.1. The number of nitrogens with zero attached hydrogens (tertiary/aromatic N) is 1. The molecule has 2 heterocycles. The van der Waals surface area contributed by atoms with Crippen molar-refractivity contribution in [2.75, 3.05) is 5.32 Å². The lowest BCUT2D eigenvalue weighted by Crippen LogP contribution is -2.11. The van der Waals surface area contributed by atoms with Gasteiger partial charge < -0.3 is 4.42 Å². The Morgan fingerprint density at radius 1 is 1.11 bits per heavy atom. The number of aromatic nitrogens is 1. The maximum absolute atomic E-state index is 13.5. The summed E-state index contributed by atoms with van der Waals surface area (Å²) in [5.74, 6) is -2.04. The van der Waals surface area contributed by atoms with E-state index in [0.29, 0.717) is 22.0 Å². The molecule has 2 aromatic heterocycles. The van der Waals surface area contributed by atoms with Gasteiger partial charge in [-0.05, 0) is 38.1 Å². The molecule has 7 heteroatoms. The molecule has 0 radical (unpaired) electrons. The number of benzene rings is 2. The number of hydrogen-bond acceptors (Lipinski definition) is 4. The van der Waals surface area contributed by atoms with Gasteiger partial charge >= 0.3 is 0 Å². The molecule has 0 aliphatic rings. The number of rotatable bonds is 3. The maximum Gasteiger partial charge on any atom is 0.293 e. The quantitative estimate of drug-likeness (QED) is 0.493. The van der Waals surface area contributed by atoms with Crippen LogP contribution in [-0.4, -0.2) is 10.9 Å². The molecule has 0 spiro atoms. The number of hydrogen-bond donors (Lipinski definition) is 1. The lowest BCUT2D eigenvalue weighted by Gasteiger charge is -2.00. The lowest BCUT2D eigenvalue weighted by atomic mass is 10.1. The summed E-state index contributed by atoms with van der Waals surface area (Å²) < 4.78 is 32.3. The predicted octanol–water partition coefficient (Wildman–Crippen LogP) is 5.70. The van der Waals surface area contributed by atoms with Crippen molar-refractivity contribution in [3.05, 3.63) is 70.3 Å². The zero-order valence-electron chi connectivity index (χ0n) is 14.5. The van der Waals surface area contributed by atoms with Crippen LogP contribution < -0.4 is 5.32 Å². The summed E-state index contributed by atoms with van der Waals surface area (Å²) in [4.78, 5) is 17.7. The third kappa shape index (κ3) is 3.10. The van der Waals surface area contributed by atoms with E-state index in [2.05, 4.69) is 10.3 Å². The topological polar surface area (TPSA) is 55.1 Å². The number of halogens is 2. The van der Waals surface area contributed by atoms with Gasteiger partial charge in [-0.1, -0.05) is 18.2 Å². The van der Waals surface area contributed by atoms with E-state index in [-0.39, 0.29) is 5.76 Å². The van der Waals surface area contributed by atoms with Crippen LogP contribution >= 0.6 is 11.3 Å². The van der Waals surface area contributed by atoms with E-state index in [9.17, 15) is 13.6 Å². The summed E-state index contributed by atoms with van der Waals surface area (Å²) in [7, 11) is 0. The molecule has 136 valence electrons. The Hall–Kier alpha value is -3.06. The minimum Gasteiger partial charge on any atom is -0.451 e. The molecule has 4 rings (SSSR count). The number of aryl methyl sites for hydroxylation is 2. The number of nitrogens with one attached hydrogen (secondary N) is 1. The van der Waals surface area contributed by atoms with Crippen LogP contribution in [0.3, 0.4) is 0 Å². The zero-order chi connectivity index (χ0) is 19.1. The van der Waals surface area contributed by atoms with Crippen LogP contribution in [0.1, 0.15) is 21.0 Å². The number of amides is 1. The number of para-hydroxylation sites is 1. The van der Waals surface area contributed by atoms with Crippen molar-refractivity contribution in [3.8, 4) is 11.3 Å². The Morgan fingerprint density at radius 2 is 1.89 bits per heavy atom. The van der Waals surface area contributed by atoms with Gasteiger partial charge in [0.25, 0.3) is 5.91 Å². The molecule has 0 aliphatic heterocycles. The molecule has 4 aromatic rings. The van der Waals surface area contributed by atoms with Gasteiger partial charge in [0.05, 0.1) is 5.69 Å². The standard InChI is InChI=1S/C20H14F2N2O2S/c1-10-13-5-3-4-6-16(13)26-18(10)19(25)24-20-23-17(11(2)27-20)12-7-8-14(21)15(22)9-12/h3-9H,1-2H3,(H,23,24,25). The average molecular weight is 384 g/mol. The Morgan fingerprint density at radius 3 is 2.63 bits per heavy atom. The van der Waals surface area contributed by atoms with E-state index in [4.69, 9.17) is 4.42 Å². The van der Waals surface area contributed by atoms with Crippen LogP contribution in [-0.2, 0) is 0 Å². The number of furan rings is 1.